The van der Waals surface area contributed by atoms with Crippen LogP contribution in [-0.2, 0) is 9.57 Å². The van der Waals surface area contributed by atoms with Crippen LogP contribution in [-0.4, -0.2) is 41.1 Å². The van der Waals surface area contributed by atoms with Gasteiger partial charge in [0.2, 0.25) is 0 Å². The molecule has 5 heteroatoms. The third-order valence-corrected chi connectivity index (χ3v) is 4.36. The normalized spacial score (nSPS) is 21.9. The van der Waals surface area contributed by atoms with E-state index in [9.17, 15) is 9.90 Å². The summed E-state index contributed by atoms with van der Waals surface area (Å²) in [7, 11) is 0. The Morgan fingerprint density at radius 3 is 2.60 bits per heavy atom. The maximum atomic E-state index is 11.8. The number of ether oxygens (including phenoxy) is 1. The highest BCUT2D eigenvalue weighted by atomic mass is 16.8. The molecule has 0 bridgehead atoms. The van der Waals surface area contributed by atoms with Crippen molar-refractivity contribution in [1.29, 1.82) is 0 Å². The van der Waals surface area contributed by atoms with Gasteiger partial charge in [0.05, 0.1) is 12.6 Å². The second-order valence-electron chi connectivity index (χ2n) is 7.47. The molecule has 0 spiro atoms. The topological polar surface area (TPSA) is 59.0 Å². The number of carbonyl (C=O) groups is 1. The number of hydrogen-bond acceptors (Lipinski definition) is 5. The van der Waals surface area contributed by atoms with Gasteiger partial charge in [0.1, 0.15) is 5.60 Å². The number of benzene rings is 2. The van der Waals surface area contributed by atoms with Gasteiger partial charge >= 0.3 is 6.16 Å². The highest BCUT2D eigenvalue weighted by Crippen LogP contribution is 2.33. The number of carbonyl (C=O) groups excluding carboxylic acids is 1. The van der Waals surface area contributed by atoms with Crippen molar-refractivity contribution in [3.8, 4) is 0 Å². The van der Waals surface area contributed by atoms with Crippen LogP contribution in [0.2, 0.25) is 0 Å². The molecule has 25 heavy (non-hydrogen) atoms. The van der Waals surface area contributed by atoms with Crippen molar-refractivity contribution in [2.45, 2.75) is 44.8 Å². The van der Waals surface area contributed by atoms with Gasteiger partial charge in [0.15, 0.2) is 0 Å². The summed E-state index contributed by atoms with van der Waals surface area (Å²) in [5, 5.41) is 14.4. The molecule has 0 aliphatic carbocycles. The summed E-state index contributed by atoms with van der Waals surface area (Å²) in [5.74, 6) is 0.0181. The predicted octanol–water partition coefficient (Wildman–Crippen LogP) is 3.86. The van der Waals surface area contributed by atoms with Gasteiger partial charge in [-0.2, -0.15) is 0 Å². The molecule has 134 valence electrons. The zero-order valence-corrected chi connectivity index (χ0v) is 14.9. The second kappa shape index (κ2) is 7.02. The Kier molecular flexibility index (Phi) is 4.97. The first-order valence-corrected chi connectivity index (χ1v) is 8.65. The summed E-state index contributed by atoms with van der Waals surface area (Å²) in [6.07, 6.45) is -0.636. The first-order valence-electron chi connectivity index (χ1n) is 8.65. The fourth-order valence-electron chi connectivity index (χ4n) is 3.30. The van der Waals surface area contributed by atoms with Crippen LogP contribution >= 0.6 is 0 Å². The number of hydrogen-bond donors (Lipinski definition) is 1. The van der Waals surface area contributed by atoms with Crippen LogP contribution in [0.25, 0.3) is 10.8 Å². The fourth-order valence-corrected chi connectivity index (χ4v) is 3.30. The molecule has 5 nitrogen and oxygen atoms in total. The van der Waals surface area contributed by atoms with Gasteiger partial charge in [-0.3, -0.25) is 0 Å². The average molecular weight is 343 g/mol. The van der Waals surface area contributed by atoms with Crippen molar-refractivity contribution in [3.05, 3.63) is 48.0 Å². The SMILES string of the molecule is CC(C)(C)OC(=O)ON1CCC(c2cccc3ccccc23)C(O)C1. The molecule has 3 rings (SSSR count). The Balaban J connectivity index is 1.69. The van der Waals surface area contributed by atoms with E-state index in [0.717, 1.165) is 10.9 Å². The maximum absolute atomic E-state index is 11.8. The summed E-state index contributed by atoms with van der Waals surface area (Å²) in [6, 6.07) is 14.4. The number of piperidine rings is 1. The van der Waals surface area contributed by atoms with Crippen LogP contribution in [0.5, 0.6) is 0 Å². The highest BCUT2D eigenvalue weighted by molar-refractivity contribution is 5.86. The van der Waals surface area contributed by atoms with E-state index in [1.807, 2.05) is 18.2 Å². The van der Waals surface area contributed by atoms with Gasteiger partial charge in [0.25, 0.3) is 0 Å². The number of hydroxylamine groups is 2. The lowest BCUT2D eigenvalue weighted by atomic mass is 9.85. The third-order valence-electron chi connectivity index (χ3n) is 4.36. The number of aliphatic hydroxyl groups is 1. The lowest BCUT2D eigenvalue weighted by Crippen LogP contribution is -2.44. The van der Waals surface area contributed by atoms with Gasteiger partial charge in [-0.15, -0.1) is 5.06 Å². The van der Waals surface area contributed by atoms with E-state index in [4.69, 9.17) is 9.57 Å². The first-order chi connectivity index (χ1) is 11.8. The molecular weight excluding hydrogens is 318 g/mol. The summed E-state index contributed by atoms with van der Waals surface area (Å²) in [4.78, 5) is 17.0. The number of fused-ring (bicyclic) bond motifs is 1. The monoisotopic (exact) mass is 343 g/mol. The Morgan fingerprint density at radius 2 is 1.88 bits per heavy atom. The van der Waals surface area contributed by atoms with Crippen molar-refractivity contribution in [2.24, 2.45) is 0 Å². The molecule has 1 aliphatic rings. The quantitative estimate of drug-likeness (QED) is 0.839. The van der Waals surface area contributed by atoms with Crippen molar-refractivity contribution < 1.29 is 19.5 Å². The number of β-amino-alcohol motifs (C(OH)–C–C–N with tert-alkyl or cyclic N) is 1. The molecule has 0 aromatic heterocycles. The molecule has 1 N–H and O–H groups in total. The van der Waals surface area contributed by atoms with E-state index in [-0.39, 0.29) is 12.5 Å². The lowest BCUT2D eigenvalue weighted by Gasteiger charge is -2.35. The van der Waals surface area contributed by atoms with Gasteiger partial charge in [-0.1, -0.05) is 42.5 Å². The van der Waals surface area contributed by atoms with Crippen molar-refractivity contribution in [1.82, 2.24) is 5.06 Å². The molecule has 1 fully saturated rings. The van der Waals surface area contributed by atoms with E-state index in [0.29, 0.717) is 13.0 Å². The standard InChI is InChI=1S/C20H25NO4/c1-20(2,3)24-19(23)25-21-12-11-17(18(22)13-21)16-10-6-8-14-7-4-5-9-15(14)16/h4-10,17-18,22H,11-13H2,1-3H3. The van der Waals surface area contributed by atoms with E-state index >= 15 is 0 Å². The zero-order chi connectivity index (χ0) is 18.0. The molecule has 2 aromatic rings. The van der Waals surface area contributed by atoms with Crippen LogP contribution in [0.15, 0.2) is 42.5 Å². The smallest absolute Gasteiger partial charge is 0.427 e. The van der Waals surface area contributed by atoms with Crippen LogP contribution in [0.4, 0.5) is 4.79 Å². The first kappa shape index (κ1) is 17.7. The Bertz CT molecular complexity index is 747. The van der Waals surface area contributed by atoms with Gasteiger partial charge in [-0.05, 0) is 43.5 Å². The van der Waals surface area contributed by atoms with E-state index in [1.165, 1.54) is 10.4 Å². The average Bonchev–Trinajstić information content (AvgIpc) is 2.53. The van der Waals surface area contributed by atoms with Crippen LogP contribution in [0.3, 0.4) is 0 Å². The summed E-state index contributed by atoms with van der Waals surface area (Å²) < 4.78 is 5.16. The number of nitrogens with zero attached hydrogens (tertiary/aromatic N) is 1. The van der Waals surface area contributed by atoms with Gasteiger partial charge < -0.3 is 14.7 Å². The molecule has 0 saturated carbocycles. The predicted molar refractivity (Wildman–Crippen MR) is 96.2 cm³/mol. The minimum absolute atomic E-state index is 0.0181. The van der Waals surface area contributed by atoms with Gasteiger partial charge in [-0.25, -0.2) is 4.79 Å². The molecule has 2 aromatic carbocycles. The number of aliphatic hydroxyl groups excluding tert-OH is 1. The van der Waals surface area contributed by atoms with Crippen molar-refractivity contribution in [2.75, 3.05) is 13.1 Å². The fraction of sp³-hybridized carbons (Fsp3) is 0.450. The lowest BCUT2D eigenvalue weighted by molar-refractivity contribution is -0.170. The Labute approximate surface area is 148 Å². The minimum atomic E-state index is -0.733. The third kappa shape index (κ3) is 4.30. The molecule has 2 unspecified atom stereocenters. The number of rotatable bonds is 2. The van der Waals surface area contributed by atoms with E-state index in [1.54, 1.807) is 20.8 Å². The van der Waals surface area contributed by atoms with Crippen LogP contribution in [0, 0.1) is 0 Å². The highest BCUT2D eigenvalue weighted by Gasteiger charge is 2.32. The molecule has 1 saturated heterocycles. The van der Waals surface area contributed by atoms with Gasteiger partial charge in [0, 0.05) is 12.5 Å². The van der Waals surface area contributed by atoms with E-state index < -0.39 is 17.9 Å². The molecule has 1 aliphatic heterocycles. The molecule has 0 radical (unpaired) electrons. The molecule has 2 atom stereocenters. The minimum Gasteiger partial charge on any atom is -0.427 e. The molecular formula is C20H25NO4. The molecule has 0 amide bonds. The summed E-state index contributed by atoms with van der Waals surface area (Å²) in [5.41, 5.74) is 0.541. The van der Waals surface area contributed by atoms with Crippen LogP contribution < -0.4 is 0 Å². The van der Waals surface area contributed by atoms with Crippen molar-refractivity contribution in [3.63, 3.8) is 0 Å². The Hall–Kier alpha value is -2.11. The van der Waals surface area contributed by atoms with E-state index in [2.05, 4.69) is 24.3 Å². The Morgan fingerprint density at radius 1 is 1.16 bits per heavy atom. The summed E-state index contributed by atoms with van der Waals surface area (Å²) in [6.45, 7) is 6.19. The largest absolute Gasteiger partial charge is 0.528 e. The van der Waals surface area contributed by atoms with Crippen molar-refractivity contribution >= 4 is 16.9 Å². The molecule has 1 heterocycles. The maximum Gasteiger partial charge on any atom is 0.528 e. The summed E-state index contributed by atoms with van der Waals surface area (Å²) >= 11 is 0. The van der Waals surface area contributed by atoms with Crippen LogP contribution in [0.1, 0.15) is 38.7 Å². The zero-order valence-electron chi connectivity index (χ0n) is 14.9. The second-order valence-corrected chi connectivity index (χ2v) is 7.47.